The number of anilines is 1. The first-order valence-electron chi connectivity index (χ1n) is 9.63. The van der Waals surface area contributed by atoms with Crippen molar-refractivity contribution < 1.29 is 4.79 Å². The molecule has 4 rings (SSSR count). The van der Waals surface area contributed by atoms with Gasteiger partial charge in [0.05, 0.1) is 5.39 Å². The van der Waals surface area contributed by atoms with Crippen LogP contribution >= 0.6 is 23.1 Å². The van der Waals surface area contributed by atoms with Crippen LogP contribution in [0.3, 0.4) is 0 Å². The Labute approximate surface area is 178 Å². The molecule has 0 saturated carbocycles. The number of aryl methyl sites for hydroxylation is 2. The quantitative estimate of drug-likeness (QED) is 0.335. The fraction of sp³-hybridized carbons (Fsp3) is 0.318. The predicted molar refractivity (Wildman–Crippen MR) is 121 cm³/mol. The van der Waals surface area contributed by atoms with E-state index < -0.39 is 0 Å². The average Bonchev–Trinajstić information content (AvgIpc) is 3.26. The summed E-state index contributed by atoms with van der Waals surface area (Å²) in [5.74, 6) is 0.694. The smallest absolute Gasteiger partial charge is 0.263 e. The van der Waals surface area contributed by atoms with E-state index in [1.807, 2.05) is 36.9 Å². The van der Waals surface area contributed by atoms with Crippen LogP contribution in [0.15, 0.2) is 46.9 Å². The minimum Gasteiger partial charge on any atom is -0.312 e. The third kappa shape index (κ3) is 3.65. The highest BCUT2D eigenvalue weighted by molar-refractivity contribution is 7.99. The first kappa shape index (κ1) is 19.9. The van der Waals surface area contributed by atoms with Gasteiger partial charge in [-0.2, -0.15) is 0 Å². The number of hydrogen-bond acceptors (Lipinski definition) is 5. The van der Waals surface area contributed by atoms with Crippen molar-refractivity contribution in [2.45, 2.75) is 38.4 Å². The van der Waals surface area contributed by atoms with Crippen molar-refractivity contribution >= 4 is 44.9 Å². The zero-order valence-electron chi connectivity index (χ0n) is 16.6. The number of aromatic nitrogens is 2. The Balaban J connectivity index is 1.52. The van der Waals surface area contributed by atoms with E-state index in [4.69, 9.17) is 4.98 Å². The number of thiophene rings is 1. The number of rotatable bonds is 6. The maximum Gasteiger partial charge on any atom is 0.263 e. The minimum absolute atomic E-state index is 0.0287. The molecule has 150 valence electrons. The fourth-order valence-corrected chi connectivity index (χ4v) is 5.68. The lowest BCUT2D eigenvalue weighted by molar-refractivity contribution is -0.118. The molecule has 1 aliphatic heterocycles. The number of nitrogens with zero attached hydrogens (tertiary/aromatic N) is 3. The molecule has 0 bridgehead atoms. The molecule has 0 N–H and O–H groups in total. The highest BCUT2D eigenvalue weighted by atomic mass is 32.2. The van der Waals surface area contributed by atoms with Crippen molar-refractivity contribution in [2.24, 2.45) is 0 Å². The van der Waals surface area contributed by atoms with Gasteiger partial charge in [-0.3, -0.25) is 14.2 Å². The Bertz CT molecular complexity index is 1160. The lowest BCUT2D eigenvalue weighted by Crippen LogP contribution is -2.29. The van der Waals surface area contributed by atoms with Crippen LogP contribution in [0.1, 0.15) is 22.4 Å². The van der Waals surface area contributed by atoms with Crippen LogP contribution in [0.25, 0.3) is 10.2 Å². The van der Waals surface area contributed by atoms with Crippen LogP contribution in [-0.2, 0) is 17.8 Å². The molecule has 0 aliphatic carbocycles. The molecule has 0 spiro atoms. The number of thioether (sulfide) groups is 1. The summed E-state index contributed by atoms with van der Waals surface area (Å²) in [5.41, 5.74) is 3.22. The number of amides is 1. The van der Waals surface area contributed by atoms with Crippen molar-refractivity contribution in [3.63, 3.8) is 0 Å². The van der Waals surface area contributed by atoms with Gasteiger partial charge < -0.3 is 4.90 Å². The van der Waals surface area contributed by atoms with Crippen molar-refractivity contribution in [1.29, 1.82) is 0 Å². The maximum atomic E-state index is 13.0. The van der Waals surface area contributed by atoms with Gasteiger partial charge in [-0.15, -0.1) is 17.9 Å². The number of fused-ring (bicyclic) bond motifs is 2. The van der Waals surface area contributed by atoms with Crippen molar-refractivity contribution in [1.82, 2.24) is 9.55 Å². The molecular formula is C22H23N3O2S2. The summed E-state index contributed by atoms with van der Waals surface area (Å²) >= 11 is 3.01. The summed E-state index contributed by atoms with van der Waals surface area (Å²) in [5, 5.41) is 1.35. The van der Waals surface area contributed by atoms with Crippen LogP contribution in [-0.4, -0.2) is 27.8 Å². The van der Waals surface area contributed by atoms with Gasteiger partial charge in [0.25, 0.3) is 5.56 Å². The first-order chi connectivity index (χ1) is 14.0. The summed E-state index contributed by atoms with van der Waals surface area (Å²) in [6, 6.07) is 8.07. The van der Waals surface area contributed by atoms with E-state index in [9.17, 15) is 9.59 Å². The fourth-order valence-electron chi connectivity index (χ4n) is 3.67. The molecule has 1 aliphatic rings. The number of hydrogen-bond donors (Lipinski definition) is 0. The van der Waals surface area contributed by atoms with Gasteiger partial charge in [0, 0.05) is 35.8 Å². The highest BCUT2D eigenvalue weighted by Gasteiger charge is 2.24. The van der Waals surface area contributed by atoms with Crippen LogP contribution in [0.2, 0.25) is 0 Å². The molecule has 3 aromatic rings. The second-order valence-electron chi connectivity index (χ2n) is 7.08. The summed E-state index contributed by atoms with van der Waals surface area (Å²) in [6.45, 7) is 8.90. The molecule has 0 atom stereocenters. The molecule has 7 heteroatoms. The lowest BCUT2D eigenvalue weighted by atomic mass is 10.2. The second kappa shape index (κ2) is 8.16. The van der Waals surface area contributed by atoms with Gasteiger partial charge in [0.15, 0.2) is 5.16 Å². The number of allylic oxidation sites excluding steroid dienone is 1. The Hall–Kier alpha value is -2.38. The number of benzene rings is 1. The van der Waals surface area contributed by atoms with Crippen LogP contribution in [0.4, 0.5) is 5.69 Å². The summed E-state index contributed by atoms with van der Waals surface area (Å²) in [7, 11) is 0. The molecule has 1 amide bonds. The van der Waals surface area contributed by atoms with Crippen LogP contribution in [0, 0.1) is 13.8 Å². The van der Waals surface area contributed by atoms with E-state index in [1.165, 1.54) is 17.3 Å². The SMILES string of the molecule is C=CCn1c(SCCC(=O)N2CCc3ccccc32)nc2sc(C)c(C)c2c1=O. The number of carbonyl (C=O) groups is 1. The lowest BCUT2D eigenvalue weighted by Gasteiger charge is -2.17. The normalized spacial score (nSPS) is 13.1. The van der Waals surface area contributed by atoms with Gasteiger partial charge in [-0.25, -0.2) is 4.98 Å². The standard InChI is InChI=1S/C22H23N3O2S2/c1-4-11-25-21(27)19-14(2)15(3)29-20(19)23-22(25)28-13-10-18(26)24-12-9-16-7-5-6-8-17(16)24/h4-8H,1,9-13H2,2-3H3. The molecule has 0 fully saturated rings. The summed E-state index contributed by atoms with van der Waals surface area (Å²) in [4.78, 5) is 34.2. The molecule has 2 aromatic heterocycles. The van der Waals surface area contributed by atoms with Gasteiger partial charge in [-0.05, 0) is 37.5 Å². The Morgan fingerprint density at radius 1 is 1.34 bits per heavy atom. The molecule has 1 aromatic carbocycles. The average molecular weight is 426 g/mol. The third-order valence-electron chi connectivity index (χ3n) is 5.30. The molecule has 0 unspecified atom stereocenters. The van der Waals surface area contributed by atoms with Crippen LogP contribution in [0.5, 0.6) is 0 Å². The van der Waals surface area contributed by atoms with Gasteiger partial charge in [0.1, 0.15) is 4.83 Å². The van der Waals surface area contributed by atoms with E-state index in [2.05, 4.69) is 12.6 Å². The van der Waals surface area contributed by atoms with Crippen molar-refractivity contribution in [2.75, 3.05) is 17.2 Å². The molecular weight excluding hydrogens is 402 g/mol. The van der Waals surface area contributed by atoms with Crippen LogP contribution < -0.4 is 10.5 Å². The molecule has 3 heterocycles. The van der Waals surface area contributed by atoms with Gasteiger partial charge in [-0.1, -0.05) is 36.0 Å². The van der Waals surface area contributed by atoms with E-state index in [0.29, 0.717) is 29.3 Å². The summed E-state index contributed by atoms with van der Waals surface area (Å²) < 4.78 is 1.66. The topological polar surface area (TPSA) is 55.2 Å². The Kier molecular flexibility index (Phi) is 5.61. The van der Waals surface area contributed by atoms with E-state index in [1.54, 1.807) is 22.0 Å². The van der Waals surface area contributed by atoms with E-state index >= 15 is 0 Å². The maximum absolute atomic E-state index is 13.0. The minimum atomic E-state index is -0.0287. The Morgan fingerprint density at radius 3 is 2.93 bits per heavy atom. The van der Waals surface area contributed by atoms with E-state index in [0.717, 1.165) is 33.9 Å². The molecule has 0 saturated heterocycles. The number of para-hydroxylation sites is 1. The van der Waals surface area contributed by atoms with Gasteiger partial charge >= 0.3 is 0 Å². The highest BCUT2D eigenvalue weighted by Crippen LogP contribution is 2.30. The molecule has 29 heavy (non-hydrogen) atoms. The third-order valence-corrected chi connectivity index (χ3v) is 7.38. The molecule has 0 radical (unpaired) electrons. The zero-order chi connectivity index (χ0) is 20.5. The summed E-state index contributed by atoms with van der Waals surface area (Å²) in [6.07, 6.45) is 3.02. The Morgan fingerprint density at radius 2 is 2.14 bits per heavy atom. The zero-order valence-corrected chi connectivity index (χ0v) is 18.2. The monoisotopic (exact) mass is 425 g/mol. The second-order valence-corrected chi connectivity index (χ2v) is 9.35. The predicted octanol–water partition coefficient (Wildman–Crippen LogP) is 4.33. The molecule has 5 nitrogen and oxygen atoms in total. The van der Waals surface area contributed by atoms with Gasteiger partial charge in [0.2, 0.25) is 5.91 Å². The van der Waals surface area contributed by atoms with E-state index in [-0.39, 0.29) is 11.5 Å². The largest absolute Gasteiger partial charge is 0.312 e. The first-order valence-corrected chi connectivity index (χ1v) is 11.4. The van der Waals surface area contributed by atoms with Crippen molar-refractivity contribution in [3.8, 4) is 0 Å². The van der Waals surface area contributed by atoms with Crippen molar-refractivity contribution in [3.05, 3.63) is 63.3 Å². The number of carbonyl (C=O) groups excluding carboxylic acids is 1.